The van der Waals surface area contributed by atoms with Crippen LogP contribution in [-0.4, -0.2) is 65.7 Å². The van der Waals surface area contributed by atoms with Gasteiger partial charge in [0.25, 0.3) is 5.56 Å². The Labute approximate surface area is 228 Å². The molecule has 4 aromatic rings. The van der Waals surface area contributed by atoms with Crippen molar-refractivity contribution in [3.63, 3.8) is 0 Å². The smallest absolute Gasteiger partial charge is 0.319 e. The number of benzene rings is 2. The molecule has 0 saturated carbocycles. The second-order valence-corrected chi connectivity index (χ2v) is 10.4. The summed E-state index contributed by atoms with van der Waals surface area (Å²) in [5.74, 6) is 0.417. The molecular formula is C29H38N8O2. The van der Waals surface area contributed by atoms with E-state index in [9.17, 15) is 9.59 Å². The molecule has 10 nitrogen and oxygen atoms in total. The number of fused-ring (bicyclic) bond motifs is 2. The number of aromatic amines is 2. The van der Waals surface area contributed by atoms with Crippen LogP contribution in [0.2, 0.25) is 0 Å². The van der Waals surface area contributed by atoms with E-state index >= 15 is 0 Å². The molecule has 1 aliphatic heterocycles. The predicted octanol–water partition coefficient (Wildman–Crippen LogP) is 4.50. The topological polar surface area (TPSA) is 135 Å². The molecule has 5 rings (SSSR count). The third kappa shape index (κ3) is 6.01. The number of H-pyrrole nitrogens is 2. The van der Waals surface area contributed by atoms with Gasteiger partial charge in [0.15, 0.2) is 0 Å². The molecule has 0 bridgehead atoms. The van der Waals surface area contributed by atoms with Gasteiger partial charge in [-0.25, -0.2) is 9.78 Å². The Kier molecular flexibility index (Phi) is 8.02. The molecule has 39 heavy (non-hydrogen) atoms. The summed E-state index contributed by atoms with van der Waals surface area (Å²) in [5, 5.41) is 6.41. The average molecular weight is 531 g/mol. The van der Waals surface area contributed by atoms with Crippen LogP contribution in [0.1, 0.15) is 39.0 Å². The first-order valence-corrected chi connectivity index (χ1v) is 13.9. The van der Waals surface area contributed by atoms with Crippen molar-refractivity contribution in [3.8, 4) is 11.4 Å². The molecule has 206 valence electrons. The SMILES string of the molecule is CCCCCCCNC(=O)Nc1ccc2[nH]c(=O)c(-c3nc4ccc(N5CCN(C)CC5)cc4[nH]3)c(N)c2c1. The molecule has 0 atom stereocenters. The monoisotopic (exact) mass is 530 g/mol. The minimum atomic E-state index is -0.320. The number of nitrogens with zero attached hydrogens (tertiary/aromatic N) is 3. The predicted molar refractivity (Wildman–Crippen MR) is 160 cm³/mol. The highest BCUT2D eigenvalue weighted by Gasteiger charge is 2.19. The van der Waals surface area contributed by atoms with Gasteiger partial charge in [-0.2, -0.15) is 0 Å². The van der Waals surface area contributed by atoms with Crippen LogP contribution in [0.5, 0.6) is 0 Å². The Morgan fingerprint density at radius 2 is 1.79 bits per heavy atom. The first kappa shape index (κ1) is 26.6. The van der Waals surface area contributed by atoms with Gasteiger partial charge in [-0.05, 0) is 49.9 Å². The number of amides is 2. The van der Waals surface area contributed by atoms with Crippen molar-refractivity contribution in [3.05, 3.63) is 46.8 Å². The Balaban J connectivity index is 1.36. The number of anilines is 3. The number of imidazole rings is 1. The summed E-state index contributed by atoms with van der Waals surface area (Å²) in [7, 11) is 2.14. The molecule has 6 N–H and O–H groups in total. The Morgan fingerprint density at radius 1 is 1.00 bits per heavy atom. The van der Waals surface area contributed by atoms with Crippen LogP contribution in [0, 0.1) is 0 Å². The molecule has 2 aromatic heterocycles. The maximum atomic E-state index is 13.1. The number of likely N-dealkylation sites (N-methyl/N-ethyl adjacent to an activating group) is 1. The standard InChI is InChI=1S/C29H38N8O2/c1-3-4-5-6-7-12-31-29(39)32-19-8-10-22-21(17-19)26(30)25(28(38)35-22)27-33-23-11-9-20(18-24(23)34-27)37-15-13-36(2)14-16-37/h8-11,17-18H,3-7,12-16H2,1-2H3,(H,33,34)(H3,30,35,38)(H2,31,32,39). The number of hydrogen-bond donors (Lipinski definition) is 5. The van der Waals surface area contributed by atoms with E-state index in [1.807, 2.05) is 6.07 Å². The molecular weight excluding hydrogens is 492 g/mol. The van der Waals surface area contributed by atoms with E-state index in [2.05, 4.69) is 61.5 Å². The zero-order valence-corrected chi connectivity index (χ0v) is 22.8. The summed E-state index contributed by atoms with van der Waals surface area (Å²) in [6.07, 6.45) is 5.67. The van der Waals surface area contributed by atoms with E-state index in [-0.39, 0.29) is 17.2 Å². The van der Waals surface area contributed by atoms with E-state index in [4.69, 9.17) is 5.73 Å². The number of hydrogen-bond acceptors (Lipinski definition) is 6. The highest BCUT2D eigenvalue weighted by molar-refractivity contribution is 6.01. The molecule has 0 spiro atoms. The van der Waals surface area contributed by atoms with Gasteiger partial charge in [0, 0.05) is 49.5 Å². The van der Waals surface area contributed by atoms with Gasteiger partial charge >= 0.3 is 6.03 Å². The van der Waals surface area contributed by atoms with Crippen molar-refractivity contribution < 1.29 is 4.79 Å². The van der Waals surface area contributed by atoms with Gasteiger partial charge < -0.3 is 36.1 Å². The third-order valence-corrected chi connectivity index (χ3v) is 7.45. The summed E-state index contributed by atoms with van der Waals surface area (Å²) >= 11 is 0. The third-order valence-electron chi connectivity index (χ3n) is 7.45. The highest BCUT2D eigenvalue weighted by Crippen LogP contribution is 2.31. The lowest BCUT2D eigenvalue weighted by molar-refractivity contribution is 0.252. The first-order chi connectivity index (χ1) is 18.9. The lowest BCUT2D eigenvalue weighted by Crippen LogP contribution is -2.44. The zero-order valence-electron chi connectivity index (χ0n) is 22.8. The van der Waals surface area contributed by atoms with Gasteiger partial charge in [-0.15, -0.1) is 0 Å². The van der Waals surface area contributed by atoms with Crippen molar-refractivity contribution in [2.75, 3.05) is 55.7 Å². The lowest BCUT2D eigenvalue weighted by Gasteiger charge is -2.34. The van der Waals surface area contributed by atoms with Crippen LogP contribution < -0.4 is 26.8 Å². The largest absolute Gasteiger partial charge is 0.397 e. The molecule has 0 unspecified atom stereocenters. The van der Waals surface area contributed by atoms with E-state index < -0.39 is 0 Å². The second kappa shape index (κ2) is 11.8. The number of unbranched alkanes of at least 4 members (excludes halogenated alkanes) is 4. The Morgan fingerprint density at radius 3 is 2.59 bits per heavy atom. The second-order valence-electron chi connectivity index (χ2n) is 10.4. The first-order valence-electron chi connectivity index (χ1n) is 13.9. The number of aromatic nitrogens is 3. The summed E-state index contributed by atoms with van der Waals surface area (Å²) in [5.41, 5.74) is 10.8. The fourth-order valence-corrected chi connectivity index (χ4v) is 5.11. The van der Waals surface area contributed by atoms with E-state index in [1.165, 1.54) is 19.3 Å². The molecule has 1 saturated heterocycles. The number of nitrogen functional groups attached to an aromatic ring is 1. The van der Waals surface area contributed by atoms with Crippen molar-refractivity contribution in [1.29, 1.82) is 0 Å². The molecule has 2 aromatic carbocycles. The zero-order chi connectivity index (χ0) is 27.4. The van der Waals surface area contributed by atoms with Crippen LogP contribution >= 0.6 is 0 Å². The summed E-state index contributed by atoms with van der Waals surface area (Å²) < 4.78 is 0. The minimum Gasteiger partial charge on any atom is -0.397 e. The molecule has 3 heterocycles. The van der Waals surface area contributed by atoms with Crippen molar-refractivity contribution in [2.24, 2.45) is 0 Å². The normalized spacial score (nSPS) is 14.3. The number of nitrogens with two attached hydrogens (primary N) is 1. The quantitative estimate of drug-likeness (QED) is 0.202. The summed E-state index contributed by atoms with van der Waals surface area (Å²) in [4.78, 5) is 41.0. The number of rotatable bonds is 9. The fourth-order valence-electron chi connectivity index (χ4n) is 5.11. The Hall–Kier alpha value is -4.05. The number of piperazine rings is 1. The highest BCUT2D eigenvalue weighted by atomic mass is 16.2. The van der Waals surface area contributed by atoms with E-state index in [1.54, 1.807) is 18.2 Å². The summed E-state index contributed by atoms with van der Waals surface area (Å²) in [6, 6.07) is 11.1. The molecule has 0 aliphatic carbocycles. The maximum absolute atomic E-state index is 13.1. The molecule has 0 radical (unpaired) electrons. The van der Waals surface area contributed by atoms with Crippen LogP contribution in [0.3, 0.4) is 0 Å². The number of nitrogens with one attached hydrogen (secondary N) is 4. The molecule has 2 amide bonds. The molecule has 1 fully saturated rings. The van der Waals surface area contributed by atoms with Gasteiger partial charge in [-0.3, -0.25) is 4.79 Å². The number of carbonyl (C=O) groups excluding carboxylic acids is 1. The van der Waals surface area contributed by atoms with Crippen molar-refractivity contribution >= 4 is 45.0 Å². The van der Waals surface area contributed by atoms with Gasteiger partial charge in [0.1, 0.15) is 11.4 Å². The van der Waals surface area contributed by atoms with Gasteiger partial charge in [0.2, 0.25) is 0 Å². The summed E-state index contributed by atoms with van der Waals surface area (Å²) in [6.45, 7) is 6.79. The van der Waals surface area contributed by atoms with Crippen LogP contribution in [0.4, 0.5) is 21.9 Å². The van der Waals surface area contributed by atoms with Crippen LogP contribution in [0.25, 0.3) is 33.3 Å². The van der Waals surface area contributed by atoms with Crippen molar-refractivity contribution in [1.82, 2.24) is 25.2 Å². The Bertz CT molecular complexity index is 1520. The maximum Gasteiger partial charge on any atom is 0.319 e. The average Bonchev–Trinajstić information content (AvgIpc) is 3.34. The minimum absolute atomic E-state index is 0.263. The number of urea groups is 1. The fraction of sp³-hybridized carbons (Fsp3) is 0.414. The number of carbonyl (C=O) groups is 1. The van der Waals surface area contributed by atoms with Crippen molar-refractivity contribution in [2.45, 2.75) is 39.0 Å². The van der Waals surface area contributed by atoms with Gasteiger partial charge in [0.05, 0.1) is 22.2 Å². The molecule has 10 heteroatoms. The van der Waals surface area contributed by atoms with Gasteiger partial charge in [-0.1, -0.05) is 32.6 Å². The van der Waals surface area contributed by atoms with Crippen LogP contribution in [0.15, 0.2) is 41.2 Å². The van der Waals surface area contributed by atoms with Crippen LogP contribution in [-0.2, 0) is 0 Å². The van der Waals surface area contributed by atoms with E-state index in [0.717, 1.165) is 55.7 Å². The lowest BCUT2D eigenvalue weighted by atomic mass is 10.1. The molecule has 1 aliphatic rings. The van der Waals surface area contributed by atoms with E-state index in [0.29, 0.717) is 34.6 Å². The number of pyridine rings is 1.